The molecule has 90 valence electrons. The molecule has 4 heteroatoms. The van der Waals surface area contributed by atoms with E-state index in [4.69, 9.17) is 16.0 Å². The first-order chi connectivity index (χ1) is 8.70. The molecule has 2 aromatic carbocycles. The number of aromatic nitrogens is 1. The number of nitrogens with zero attached hydrogens (tertiary/aromatic N) is 1. The van der Waals surface area contributed by atoms with Crippen molar-refractivity contribution in [1.29, 1.82) is 0 Å². The van der Waals surface area contributed by atoms with Crippen molar-refractivity contribution >= 4 is 38.6 Å². The molecule has 0 fully saturated rings. The van der Waals surface area contributed by atoms with Gasteiger partial charge in [0.1, 0.15) is 5.52 Å². The number of rotatable bonds is 2. The zero-order valence-corrected chi connectivity index (χ0v) is 11.7. The van der Waals surface area contributed by atoms with Gasteiger partial charge in [0.25, 0.3) is 0 Å². The maximum Gasteiger partial charge on any atom is 0.199 e. The summed E-state index contributed by atoms with van der Waals surface area (Å²) in [5, 5.41) is 0.736. The predicted molar refractivity (Wildman–Crippen MR) is 76.0 cm³/mol. The standard InChI is InChI=1S/C14H9BrClNO/c15-10-3-6-12-13(8-10)18-14(17-12)7-9-1-4-11(16)5-2-9/h1-6,8H,7H2. The maximum absolute atomic E-state index is 5.85. The van der Waals surface area contributed by atoms with E-state index in [1.807, 2.05) is 42.5 Å². The summed E-state index contributed by atoms with van der Waals surface area (Å²) >= 11 is 9.27. The Kier molecular flexibility index (Phi) is 3.10. The highest BCUT2D eigenvalue weighted by atomic mass is 79.9. The van der Waals surface area contributed by atoms with Crippen molar-refractivity contribution in [2.45, 2.75) is 6.42 Å². The van der Waals surface area contributed by atoms with Crippen LogP contribution in [0.25, 0.3) is 11.1 Å². The SMILES string of the molecule is Clc1ccc(Cc2nc3ccc(Br)cc3o2)cc1. The molecule has 0 N–H and O–H groups in total. The lowest BCUT2D eigenvalue weighted by Crippen LogP contribution is -1.87. The molecule has 2 nitrogen and oxygen atoms in total. The first kappa shape index (κ1) is 11.8. The van der Waals surface area contributed by atoms with Gasteiger partial charge in [0.2, 0.25) is 0 Å². The van der Waals surface area contributed by atoms with Gasteiger partial charge in [-0.3, -0.25) is 0 Å². The Labute approximate surface area is 118 Å². The van der Waals surface area contributed by atoms with E-state index < -0.39 is 0 Å². The van der Waals surface area contributed by atoms with Crippen molar-refractivity contribution in [1.82, 2.24) is 4.98 Å². The van der Waals surface area contributed by atoms with E-state index in [-0.39, 0.29) is 0 Å². The number of halogens is 2. The van der Waals surface area contributed by atoms with E-state index >= 15 is 0 Å². The van der Waals surface area contributed by atoms with Gasteiger partial charge in [-0.1, -0.05) is 39.7 Å². The van der Waals surface area contributed by atoms with E-state index in [0.717, 1.165) is 26.2 Å². The van der Waals surface area contributed by atoms with Crippen LogP contribution in [-0.4, -0.2) is 4.98 Å². The monoisotopic (exact) mass is 321 g/mol. The third kappa shape index (κ3) is 2.42. The van der Waals surface area contributed by atoms with Crippen LogP contribution in [0.5, 0.6) is 0 Å². The Morgan fingerprint density at radius 3 is 2.67 bits per heavy atom. The Morgan fingerprint density at radius 2 is 1.89 bits per heavy atom. The minimum atomic E-state index is 0.670. The van der Waals surface area contributed by atoms with Gasteiger partial charge in [-0.05, 0) is 35.9 Å². The van der Waals surface area contributed by atoms with Gasteiger partial charge in [-0.2, -0.15) is 0 Å². The second kappa shape index (κ2) is 4.75. The van der Waals surface area contributed by atoms with Gasteiger partial charge in [0.05, 0.1) is 0 Å². The summed E-state index contributed by atoms with van der Waals surface area (Å²) in [7, 11) is 0. The average Bonchev–Trinajstić information content (AvgIpc) is 2.73. The van der Waals surface area contributed by atoms with E-state index in [1.165, 1.54) is 0 Å². The molecule has 1 heterocycles. The molecule has 0 aliphatic carbocycles. The fourth-order valence-electron chi connectivity index (χ4n) is 1.80. The molecule has 0 atom stereocenters. The van der Waals surface area contributed by atoms with Crippen LogP contribution in [-0.2, 0) is 6.42 Å². The van der Waals surface area contributed by atoms with Gasteiger partial charge < -0.3 is 4.42 Å². The first-order valence-electron chi connectivity index (χ1n) is 5.50. The van der Waals surface area contributed by atoms with Crippen LogP contribution in [0.1, 0.15) is 11.5 Å². The molecule has 0 saturated heterocycles. The topological polar surface area (TPSA) is 26.0 Å². The van der Waals surface area contributed by atoms with Gasteiger partial charge in [0, 0.05) is 15.9 Å². The second-order valence-electron chi connectivity index (χ2n) is 4.02. The molecule has 0 spiro atoms. The van der Waals surface area contributed by atoms with Gasteiger partial charge in [-0.15, -0.1) is 0 Å². The normalized spacial score (nSPS) is 11.0. The fraction of sp³-hybridized carbons (Fsp3) is 0.0714. The van der Waals surface area contributed by atoms with Crippen molar-refractivity contribution in [3.05, 3.63) is 63.4 Å². The molecule has 0 aliphatic heterocycles. The molecule has 0 bridgehead atoms. The molecule has 18 heavy (non-hydrogen) atoms. The lowest BCUT2D eigenvalue weighted by molar-refractivity contribution is 0.544. The number of oxazole rings is 1. The molecule has 1 aromatic heterocycles. The summed E-state index contributed by atoms with van der Waals surface area (Å²) < 4.78 is 6.70. The molecule has 0 unspecified atom stereocenters. The van der Waals surface area contributed by atoms with Crippen molar-refractivity contribution < 1.29 is 4.42 Å². The van der Waals surface area contributed by atoms with Gasteiger partial charge >= 0.3 is 0 Å². The Balaban J connectivity index is 1.92. The minimum Gasteiger partial charge on any atom is -0.440 e. The summed E-state index contributed by atoms with van der Waals surface area (Å²) in [6, 6.07) is 13.5. The largest absolute Gasteiger partial charge is 0.440 e. The number of hydrogen-bond donors (Lipinski definition) is 0. The van der Waals surface area contributed by atoms with Crippen LogP contribution < -0.4 is 0 Å². The number of hydrogen-bond acceptors (Lipinski definition) is 2. The summed E-state index contributed by atoms with van der Waals surface area (Å²) in [5.74, 6) is 0.713. The van der Waals surface area contributed by atoms with Crippen LogP contribution in [0.4, 0.5) is 0 Å². The first-order valence-corrected chi connectivity index (χ1v) is 6.67. The lowest BCUT2D eigenvalue weighted by Gasteiger charge is -1.96. The minimum absolute atomic E-state index is 0.670. The van der Waals surface area contributed by atoms with Crippen LogP contribution in [0.2, 0.25) is 5.02 Å². The molecular weight excluding hydrogens is 314 g/mol. The molecular formula is C14H9BrClNO. The van der Waals surface area contributed by atoms with Gasteiger partial charge in [0.15, 0.2) is 11.5 Å². The van der Waals surface area contributed by atoms with Crippen LogP contribution >= 0.6 is 27.5 Å². The van der Waals surface area contributed by atoms with Crippen molar-refractivity contribution in [3.8, 4) is 0 Å². The second-order valence-corrected chi connectivity index (χ2v) is 5.38. The molecule has 3 rings (SSSR count). The highest BCUT2D eigenvalue weighted by Crippen LogP contribution is 2.22. The van der Waals surface area contributed by atoms with Gasteiger partial charge in [-0.25, -0.2) is 4.98 Å². The summed E-state index contributed by atoms with van der Waals surface area (Å²) in [5.41, 5.74) is 2.81. The van der Waals surface area contributed by atoms with Crippen molar-refractivity contribution in [2.75, 3.05) is 0 Å². The lowest BCUT2D eigenvalue weighted by atomic mass is 10.1. The Bertz CT molecular complexity index is 691. The van der Waals surface area contributed by atoms with E-state index in [2.05, 4.69) is 20.9 Å². The van der Waals surface area contributed by atoms with E-state index in [0.29, 0.717) is 12.3 Å². The van der Waals surface area contributed by atoms with Crippen LogP contribution in [0.15, 0.2) is 51.4 Å². The Morgan fingerprint density at radius 1 is 1.11 bits per heavy atom. The third-order valence-corrected chi connectivity index (χ3v) is 3.41. The van der Waals surface area contributed by atoms with Crippen molar-refractivity contribution in [3.63, 3.8) is 0 Å². The summed E-state index contributed by atoms with van der Waals surface area (Å²) in [6.07, 6.45) is 0.670. The summed E-state index contributed by atoms with van der Waals surface area (Å²) in [6.45, 7) is 0. The smallest absolute Gasteiger partial charge is 0.199 e. The number of fused-ring (bicyclic) bond motifs is 1. The highest BCUT2D eigenvalue weighted by Gasteiger charge is 2.06. The third-order valence-electron chi connectivity index (χ3n) is 2.66. The molecule has 0 radical (unpaired) electrons. The molecule has 0 amide bonds. The maximum atomic E-state index is 5.85. The molecule has 0 saturated carbocycles. The zero-order chi connectivity index (χ0) is 12.5. The van der Waals surface area contributed by atoms with Crippen LogP contribution in [0.3, 0.4) is 0 Å². The van der Waals surface area contributed by atoms with Crippen LogP contribution in [0, 0.1) is 0 Å². The predicted octanol–water partition coefficient (Wildman–Crippen LogP) is 4.83. The number of benzene rings is 2. The zero-order valence-electron chi connectivity index (χ0n) is 9.36. The quantitative estimate of drug-likeness (QED) is 0.675. The van der Waals surface area contributed by atoms with Crippen molar-refractivity contribution in [2.24, 2.45) is 0 Å². The highest BCUT2D eigenvalue weighted by molar-refractivity contribution is 9.10. The Hall–Kier alpha value is -1.32. The molecule has 3 aromatic rings. The van der Waals surface area contributed by atoms with E-state index in [1.54, 1.807) is 0 Å². The fourth-order valence-corrected chi connectivity index (χ4v) is 2.26. The summed E-state index contributed by atoms with van der Waals surface area (Å²) in [4.78, 5) is 4.45. The molecule has 0 aliphatic rings. The average molecular weight is 323 g/mol. The van der Waals surface area contributed by atoms with E-state index in [9.17, 15) is 0 Å².